The number of ether oxygens (including phenoxy) is 2. The highest BCUT2D eigenvalue weighted by atomic mass is 35.5. The van der Waals surface area contributed by atoms with E-state index in [9.17, 15) is 4.79 Å². The van der Waals surface area contributed by atoms with Gasteiger partial charge >= 0.3 is 5.97 Å². The van der Waals surface area contributed by atoms with Gasteiger partial charge in [0.15, 0.2) is 11.1 Å². The maximum absolute atomic E-state index is 12.0. The molecule has 3 aromatic carbocycles. The van der Waals surface area contributed by atoms with Crippen LogP contribution in [0.3, 0.4) is 0 Å². The maximum Gasteiger partial charge on any atom is 0.330 e. The number of alkyl halides is 1. The van der Waals surface area contributed by atoms with Crippen molar-refractivity contribution in [3.63, 3.8) is 0 Å². The molecule has 1 heterocycles. The van der Waals surface area contributed by atoms with E-state index in [1.807, 2.05) is 84.9 Å². The summed E-state index contributed by atoms with van der Waals surface area (Å²) in [6, 6.07) is 27.5. The summed E-state index contributed by atoms with van der Waals surface area (Å²) >= 11 is 13.7. The van der Waals surface area contributed by atoms with Crippen molar-refractivity contribution in [1.29, 1.82) is 0 Å². The van der Waals surface area contributed by atoms with Gasteiger partial charge in [-0.2, -0.15) is 0 Å². The number of benzene rings is 3. The topological polar surface area (TPSA) is 47.6 Å². The van der Waals surface area contributed by atoms with E-state index in [4.69, 9.17) is 32.9 Å². The molecule has 0 radical (unpaired) electrons. The third-order valence-corrected chi connectivity index (χ3v) is 10.1. The first-order valence-electron chi connectivity index (χ1n) is 10.3. The van der Waals surface area contributed by atoms with Crippen LogP contribution < -0.4 is 20.4 Å². The monoisotopic (exact) mass is 483 g/mol. The van der Waals surface area contributed by atoms with Crippen LogP contribution in [0.4, 0.5) is 0 Å². The van der Waals surface area contributed by atoms with Crippen LogP contribution in [-0.2, 0) is 26.3 Å². The van der Waals surface area contributed by atoms with Gasteiger partial charge < -0.3 is 9.47 Å². The molecule has 32 heavy (non-hydrogen) atoms. The summed E-state index contributed by atoms with van der Waals surface area (Å²) in [7, 11) is 0. The Morgan fingerprint density at radius 2 is 1.62 bits per heavy atom. The molecule has 1 aliphatic heterocycles. The van der Waals surface area contributed by atoms with Crippen LogP contribution in [0.25, 0.3) is 0 Å². The van der Waals surface area contributed by atoms with Crippen LogP contribution in [0.1, 0.15) is 12.5 Å². The Morgan fingerprint density at radius 1 is 1.06 bits per heavy atom. The van der Waals surface area contributed by atoms with Gasteiger partial charge in [0.2, 0.25) is 0 Å². The van der Waals surface area contributed by atoms with E-state index in [0.29, 0.717) is 12.4 Å². The summed E-state index contributed by atoms with van der Waals surface area (Å²) in [5.41, 5.74) is 0.779. The predicted octanol–water partition coefficient (Wildman–Crippen LogP) is 4.59. The predicted molar refractivity (Wildman–Crippen MR) is 134 cm³/mol. The highest BCUT2D eigenvalue weighted by Gasteiger charge is 2.49. The molecule has 1 aliphatic rings. The van der Waals surface area contributed by atoms with Gasteiger partial charge in [0.1, 0.15) is 5.75 Å². The molecule has 0 bridgehead atoms. The summed E-state index contributed by atoms with van der Waals surface area (Å²) in [5, 5.41) is 5.60. The fourth-order valence-electron chi connectivity index (χ4n) is 3.68. The summed E-state index contributed by atoms with van der Waals surface area (Å²) in [5.74, 6) is 0.202. The molecule has 0 aromatic heterocycles. The Balaban J connectivity index is 1.81. The van der Waals surface area contributed by atoms with E-state index < -0.39 is 23.3 Å². The number of carbonyl (C=O) groups is 1. The van der Waals surface area contributed by atoms with Crippen molar-refractivity contribution >= 4 is 46.2 Å². The third kappa shape index (κ3) is 4.39. The number of para-hydroxylation sites is 1. The average Bonchev–Trinajstić information content (AvgIpc) is 3.10. The zero-order chi connectivity index (χ0) is 22.6. The molecule has 0 unspecified atom stereocenters. The summed E-state index contributed by atoms with van der Waals surface area (Å²) < 4.78 is 11.2. The smallest absolute Gasteiger partial charge is 0.330 e. The van der Waals surface area contributed by atoms with Gasteiger partial charge in [0, 0.05) is 22.2 Å². The van der Waals surface area contributed by atoms with E-state index >= 15 is 0 Å². The van der Waals surface area contributed by atoms with Gasteiger partial charge in [-0.1, -0.05) is 102 Å². The number of carbonyl (C=O) groups excluding carboxylic acids is 1. The van der Waals surface area contributed by atoms with Crippen LogP contribution in [0.5, 0.6) is 5.75 Å². The first kappa shape index (κ1) is 22.8. The molecular formula is C25H23ClNO3PS. The molecule has 3 aromatic rings. The first-order chi connectivity index (χ1) is 15.5. The third-order valence-electron chi connectivity index (χ3n) is 5.18. The van der Waals surface area contributed by atoms with E-state index in [1.165, 1.54) is 6.08 Å². The standard InChI is InChI=1S/C25H23ClNO3PS/c1-2-29-24(28)18-17-23-25(26,21-15-9-10-16-22(21)30-23)27-31(32,19-11-5-3-6-12-19)20-13-7-4-8-14-20/h3-18,23H,2H2,1H3,(H,27,32)/b18-17+/t23-,25-/m1/s1. The minimum Gasteiger partial charge on any atom is -0.482 e. The quantitative estimate of drug-likeness (QED) is 0.175. The van der Waals surface area contributed by atoms with Gasteiger partial charge in [0.05, 0.1) is 12.8 Å². The Hall–Kier alpha value is -2.43. The number of hydrogen-bond donors (Lipinski definition) is 1. The van der Waals surface area contributed by atoms with Gasteiger partial charge in [-0.3, -0.25) is 5.09 Å². The van der Waals surface area contributed by atoms with Gasteiger partial charge in [-0.05, 0) is 19.1 Å². The molecule has 0 saturated carbocycles. The lowest BCUT2D eigenvalue weighted by Gasteiger charge is -2.35. The minimum absolute atomic E-state index is 0.294. The molecule has 4 nitrogen and oxygen atoms in total. The minimum atomic E-state index is -2.57. The van der Waals surface area contributed by atoms with Gasteiger partial charge in [-0.15, -0.1) is 0 Å². The second kappa shape index (κ2) is 9.60. The molecule has 164 valence electrons. The highest BCUT2D eigenvalue weighted by Crippen LogP contribution is 2.52. The van der Waals surface area contributed by atoms with Crippen LogP contribution in [0.15, 0.2) is 97.1 Å². The molecule has 0 fully saturated rings. The Labute approximate surface area is 198 Å². The highest BCUT2D eigenvalue weighted by molar-refractivity contribution is 8.21. The molecule has 1 N–H and O–H groups in total. The van der Waals surface area contributed by atoms with Crippen molar-refractivity contribution in [2.75, 3.05) is 6.61 Å². The fraction of sp³-hybridized carbons (Fsp3) is 0.160. The average molecular weight is 484 g/mol. The van der Waals surface area contributed by atoms with Crippen LogP contribution in [0.2, 0.25) is 0 Å². The molecule has 2 atom stereocenters. The van der Waals surface area contributed by atoms with E-state index in [-0.39, 0.29) is 0 Å². The van der Waals surface area contributed by atoms with E-state index in [0.717, 1.165) is 16.2 Å². The number of halogens is 1. The Kier molecular flexibility index (Phi) is 6.82. The molecular weight excluding hydrogens is 461 g/mol. The number of rotatable bonds is 7. The zero-order valence-corrected chi connectivity index (χ0v) is 19.9. The number of fused-ring (bicyclic) bond motifs is 1. The molecule has 4 rings (SSSR count). The van der Waals surface area contributed by atoms with Crippen molar-refractivity contribution in [1.82, 2.24) is 5.09 Å². The van der Waals surface area contributed by atoms with Crippen LogP contribution in [0, 0.1) is 0 Å². The zero-order valence-electron chi connectivity index (χ0n) is 17.5. The van der Waals surface area contributed by atoms with E-state index in [1.54, 1.807) is 13.0 Å². The summed E-state index contributed by atoms with van der Waals surface area (Å²) in [6.45, 7) is 2.05. The molecule has 0 saturated heterocycles. The van der Waals surface area contributed by atoms with Gasteiger partial charge in [-0.25, -0.2) is 4.79 Å². The fourth-order valence-corrected chi connectivity index (χ4v) is 8.09. The molecule has 0 aliphatic carbocycles. The number of hydrogen-bond acceptors (Lipinski definition) is 4. The molecule has 0 spiro atoms. The Bertz CT molecular complexity index is 1130. The van der Waals surface area contributed by atoms with Gasteiger partial charge in [0.25, 0.3) is 0 Å². The first-order valence-corrected chi connectivity index (χ1v) is 13.5. The maximum atomic E-state index is 12.0. The van der Waals surface area contributed by atoms with Crippen molar-refractivity contribution in [3.8, 4) is 5.75 Å². The van der Waals surface area contributed by atoms with Crippen molar-refractivity contribution < 1.29 is 14.3 Å². The lowest BCUT2D eigenvalue weighted by atomic mass is 10.0. The van der Waals surface area contributed by atoms with E-state index in [2.05, 4.69) is 5.09 Å². The van der Waals surface area contributed by atoms with Crippen molar-refractivity contribution in [2.24, 2.45) is 0 Å². The summed E-state index contributed by atoms with van der Waals surface area (Å²) in [4.78, 5) is 10.8. The molecule has 7 heteroatoms. The number of esters is 1. The number of nitrogens with one attached hydrogen (secondary N) is 1. The Morgan fingerprint density at radius 3 is 2.22 bits per heavy atom. The second-order valence-electron chi connectivity index (χ2n) is 7.25. The largest absolute Gasteiger partial charge is 0.482 e. The van der Waals surface area contributed by atoms with Crippen molar-refractivity contribution in [3.05, 3.63) is 103 Å². The van der Waals surface area contributed by atoms with Crippen LogP contribution >= 0.6 is 17.8 Å². The SMILES string of the molecule is CCOC(=O)/C=C/[C@H]1Oc2ccccc2[C@@]1(Cl)NP(=S)(c1ccccc1)c1ccccc1. The normalized spacial score (nSPS) is 20.0. The van der Waals surface area contributed by atoms with Crippen LogP contribution in [-0.4, -0.2) is 18.7 Å². The second-order valence-corrected chi connectivity index (χ2v) is 12.0. The molecule has 0 amide bonds. The summed E-state index contributed by atoms with van der Waals surface area (Å²) in [6.07, 6.45) is -0.249. The lowest BCUT2D eigenvalue weighted by molar-refractivity contribution is -0.137. The lowest BCUT2D eigenvalue weighted by Crippen LogP contribution is -2.46. The van der Waals surface area contributed by atoms with Crippen molar-refractivity contribution in [2.45, 2.75) is 18.0 Å².